The van der Waals surface area contributed by atoms with Crippen LogP contribution in [-0.2, 0) is 38.1 Å². The normalized spacial score (nSPS) is 27.7. The third-order valence-corrected chi connectivity index (χ3v) is 12.3. The zero-order valence-electron chi connectivity index (χ0n) is 36.0. The van der Waals surface area contributed by atoms with Gasteiger partial charge in [-0.2, -0.15) is 0 Å². The van der Waals surface area contributed by atoms with Crippen molar-refractivity contribution in [2.75, 3.05) is 13.2 Å². The Kier molecular flexibility index (Phi) is 15.5. The van der Waals surface area contributed by atoms with E-state index in [4.69, 9.17) is 23.7 Å². The molecular weight excluding hydrogens is 753 g/mol. The van der Waals surface area contributed by atoms with Crippen molar-refractivity contribution in [1.82, 2.24) is 10.2 Å². The van der Waals surface area contributed by atoms with Crippen molar-refractivity contribution in [1.29, 1.82) is 0 Å². The highest BCUT2D eigenvalue weighted by molar-refractivity contribution is 5.98. The molecule has 1 aromatic carbocycles. The number of hydrogen-bond acceptors (Lipinski definition) is 10. The molecule has 0 radical (unpaired) electrons. The summed E-state index contributed by atoms with van der Waals surface area (Å²) in [5.74, 6) is -1.97. The summed E-state index contributed by atoms with van der Waals surface area (Å²) in [6, 6.07) is 5.96. The van der Waals surface area contributed by atoms with Gasteiger partial charge in [-0.3, -0.25) is 14.4 Å². The SMILES string of the molecule is CCCCCC1(CCCCC)OC2C=C(C(=O)N3CCCC3C(=O)NC(CO)CCC(=O)OC(C)(C)C)CC(OC(=O)c3ccc(C=CC4CCC5OC5C4)cc3)C2O1. The molecule has 1 saturated carbocycles. The van der Waals surface area contributed by atoms with Crippen molar-refractivity contribution < 1.29 is 48.0 Å². The Balaban J connectivity index is 1.16. The Morgan fingerprint density at radius 3 is 2.37 bits per heavy atom. The van der Waals surface area contributed by atoms with Gasteiger partial charge in [0.2, 0.25) is 11.8 Å². The van der Waals surface area contributed by atoms with Gasteiger partial charge >= 0.3 is 11.9 Å². The fraction of sp³-hybridized carbons (Fsp3) is 0.702. The van der Waals surface area contributed by atoms with Crippen LogP contribution in [0.25, 0.3) is 6.08 Å². The van der Waals surface area contributed by atoms with Gasteiger partial charge in [-0.25, -0.2) is 4.79 Å². The summed E-state index contributed by atoms with van der Waals surface area (Å²) in [6.07, 6.45) is 17.2. The number of ether oxygens (including phenoxy) is 5. The molecule has 326 valence electrons. The van der Waals surface area contributed by atoms with Crippen LogP contribution in [0.1, 0.15) is 153 Å². The van der Waals surface area contributed by atoms with Gasteiger partial charge in [-0.15, -0.1) is 0 Å². The first-order chi connectivity index (χ1) is 28.3. The monoisotopic (exact) mass is 820 g/mol. The number of aliphatic hydroxyl groups excluding tert-OH is 1. The van der Waals surface area contributed by atoms with Crippen LogP contribution < -0.4 is 5.32 Å². The van der Waals surface area contributed by atoms with E-state index in [1.807, 2.05) is 18.2 Å². The van der Waals surface area contributed by atoms with Crippen molar-refractivity contribution in [2.45, 2.75) is 191 Å². The molecule has 4 fully saturated rings. The van der Waals surface area contributed by atoms with E-state index in [-0.39, 0.29) is 37.7 Å². The second kappa shape index (κ2) is 20.3. The van der Waals surface area contributed by atoms with Gasteiger partial charge in [0.05, 0.1) is 30.4 Å². The molecule has 2 N–H and O–H groups in total. The van der Waals surface area contributed by atoms with Crippen molar-refractivity contribution in [3.05, 3.63) is 53.1 Å². The highest BCUT2D eigenvalue weighted by atomic mass is 16.8. The predicted octanol–water partition coefficient (Wildman–Crippen LogP) is 7.35. The molecule has 0 spiro atoms. The fourth-order valence-electron chi connectivity index (χ4n) is 9.04. The van der Waals surface area contributed by atoms with Crippen LogP contribution in [0.15, 0.2) is 42.0 Å². The molecule has 0 aromatic heterocycles. The van der Waals surface area contributed by atoms with E-state index in [0.717, 1.165) is 63.4 Å². The second-order valence-corrected chi connectivity index (χ2v) is 18.3. The van der Waals surface area contributed by atoms with Crippen LogP contribution in [0.3, 0.4) is 0 Å². The minimum Gasteiger partial charge on any atom is -0.460 e. The first-order valence-corrected chi connectivity index (χ1v) is 22.5. The zero-order chi connectivity index (χ0) is 42.2. The molecule has 2 amide bonds. The lowest BCUT2D eigenvalue weighted by Gasteiger charge is -2.33. The largest absolute Gasteiger partial charge is 0.460 e. The Labute approximate surface area is 350 Å². The third-order valence-electron chi connectivity index (χ3n) is 12.3. The lowest BCUT2D eigenvalue weighted by atomic mass is 9.89. The number of rotatable bonds is 19. The van der Waals surface area contributed by atoms with E-state index in [1.165, 1.54) is 0 Å². The number of allylic oxidation sites excluding steroid dienone is 1. The Bertz CT molecular complexity index is 1660. The van der Waals surface area contributed by atoms with Crippen molar-refractivity contribution in [3.8, 4) is 0 Å². The van der Waals surface area contributed by atoms with Crippen LogP contribution in [0, 0.1) is 5.92 Å². The number of carbonyl (C=O) groups excluding carboxylic acids is 4. The van der Waals surface area contributed by atoms with Crippen LogP contribution in [0.4, 0.5) is 0 Å². The molecule has 3 aliphatic heterocycles. The first kappa shape index (κ1) is 45.0. The quantitative estimate of drug-likeness (QED) is 0.0823. The summed E-state index contributed by atoms with van der Waals surface area (Å²) in [4.78, 5) is 55.8. The van der Waals surface area contributed by atoms with E-state index >= 15 is 0 Å². The summed E-state index contributed by atoms with van der Waals surface area (Å²) in [7, 11) is 0. The number of hydrogen-bond donors (Lipinski definition) is 2. The van der Waals surface area contributed by atoms with E-state index in [0.29, 0.717) is 61.5 Å². The summed E-state index contributed by atoms with van der Waals surface area (Å²) in [5.41, 5.74) is 1.19. The number of aliphatic hydroxyl groups is 1. The molecule has 6 rings (SSSR count). The molecule has 0 bridgehead atoms. The molecule has 3 heterocycles. The van der Waals surface area contributed by atoms with Crippen LogP contribution in [0.5, 0.6) is 0 Å². The number of esters is 2. The molecular formula is C47H68N2O10. The maximum atomic E-state index is 14.4. The average Bonchev–Trinajstić information content (AvgIpc) is 3.63. The van der Waals surface area contributed by atoms with Crippen LogP contribution in [0.2, 0.25) is 0 Å². The van der Waals surface area contributed by atoms with E-state index in [2.05, 4.69) is 31.3 Å². The summed E-state index contributed by atoms with van der Waals surface area (Å²) >= 11 is 0. The number of fused-ring (bicyclic) bond motifs is 2. The second-order valence-electron chi connectivity index (χ2n) is 18.3. The topological polar surface area (TPSA) is 153 Å². The first-order valence-electron chi connectivity index (χ1n) is 22.5. The van der Waals surface area contributed by atoms with Crippen LogP contribution >= 0.6 is 0 Å². The van der Waals surface area contributed by atoms with Gasteiger partial charge in [-0.1, -0.05) is 63.8 Å². The zero-order valence-corrected chi connectivity index (χ0v) is 36.0. The van der Waals surface area contributed by atoms with Gasteiger partial charge in [0, 0.05) is 37.8 Å². The summed E-state index contributed by atoms with van der Waals surface area (Å²) in [5, 5.41) is 12.9. The molecule has 59 heavy (non-hydrogen) atoms. The van der Waals surface area contributed by atoms with Gasteiger partial charge in [-0.05, 0) is 102 Å². The number of amides is 2. The molecule has 8 unspecified atom stereocenters. The highest BCUT2D eigenvalue weighted by Gasteiger charge is 2.53. The maximum Gasteiger partial charge on any atom is 0.338 e. The molecule has 5 aliphatic rings. The van der Waals surface area contributed by atoms with Gasteiger partial charge in [0.25, 0.3) is 0 Å². The Morgan fingerprint density at radius 1 is 0.983 bits per heavy atom. The Hall–Kier alpha value is -3.58. The van der Waals surface area contributed by atoms with Crippen molar-refractivity contribution in [2.24, 2.45) is 5.92 Å². The highest BCUT2D eigenvalue weighted by Crippen LogP contribution is 2.44. The number of likely N-dealkylation sites (tertiary alicyclic amines) is 1. The van der Waals surface area contributed by atoms with E-state index in [1.54, 1.807) is 37.8 Å². The number of nitrogens with zero attached hydrogens (tertiary/aromatic N) is 1. The molecule has 12 nitrogen and oxygen atoms in total. The van der Waals surface area contributed by atoms with Crippen molar-refractivity contribution in [3.63, 3.8) is 0 Å². The van der Waals surface area contributed by atoms with E-state index in [9.17, 15) is 24.3 Å². The summed E-state index contributed by atoms with van der Waals surface area (Å²) < 4.78 is 31.0. The fourth-order valence-corrected chi connectivity index (χ4v) is 9.04. The lowest BCUT2D eigenvalue weighted by molar-refractivity contribution is -0.190. The molecule has 1 aromatic rings. The van der Waals surface area contributed by atoms with E-state index < -0.39 is 53.7 Å². The molecule has 3 saturated heterocycles. The Morgan fingerprint density at radius 2 is 1.71 bits per heavy atom. The molecule has 2 aliphatic carbocycles. The maximum absolute atomic E-state index is 14.4. The van der Waals surface area contributed by atoms with Gasteiger partial charge < -0.3 is 39.0 Å². The predicted molar refractivity (Wildman–Crippen MR) is 223 cm³/mol. The molecule has 8 atom stereocenters. The number of nitrogens with one attached hydrogen (secondary N) is 1. The lowest BCUT2D eigenvalue weighted by Crippen LogP contribution is -2.51. The number of epoxide rings is 1. The summed E-state index contributed by atoms with van der Waals surface area (Å²) in [6.45, 7) is 9.69. The molecule has 12 heteroatoms. The number of benzene rings is 1. The van der Waals surface area contributed by atoms with Gasteiger partial charge in [0.1, 0.15) is 30.0 Å². The third kappa shape index (κ3) is 12.3. The number of carbonyl (C=O) groups is 4. The smallest absolute Gasteiger partial charge is 0.338 e. The van der Waals surface area contributed by atoms with Crippen LogP contribution in [-0.4, -0.2) is 101 Å². The standard InChI is InChI=1S/C47H68N2O10/c1-6-8-10-24-47(25-11-9-7-2)57-40-29-34(44(53)49-26-12-13-36(49)43(52)48-35(30-50)21-23-41(51)58-46(3,4)5)28-39(42(40)59-47)56-45(54)33-19-16-31(17-20-33)14-15-32-18-22-37-38(27-32)55-37/h14-17,19-20,29,32,35-40,42,50H,6-13,18,21-28,30H2,1-5H3,(H,48,52). The average molecular weight is 821 g/mol. The minimum absolute atomic E-state index is 0.0323. The number of unbranched alkanes of at least 4 members (excludes halogenated alkanes) is 4. The minimum atomic E-state index is -0.854. The van der Waals surface area contributed by atoms with Gasteiger partial charge in [0.15, 0.2) is 5.79 Å². The van der Waals surface area contributed by atoms with Crippen molar-refractivity contribution >= 4 is 29.8 Å².